The number of nitrogens with zero attached hydrogens (tertiary/aromatic N) is 1. The summed E-state index contributed by atoms with van der Waals surface area (Å²) in [5.74, 6) is 1.02. The van der Waals surface area contributed by atoms with Crippen LogP contribution >= 0.6 is 0 Å². The molecule has 1 atom stereocenters. The summed E-state index contributed by atoms with van der Waals surface area (Å²) in [5.41, 5.74) is 6.25. The van der Waals surface area contributed by atoms with Gasteiger partial charge in [0.15, 0.2) is 0 Å². The molecule has 0 spiro atoms. The van der Waals surface area contributed by atoms with Gasteiger partial charge in [-0.15, -0.1) is 0 Å². The van der Waals surface area contributed by atoms with Crippen molar-refractivity contribution in [3.8, 4) is 0 Å². The minimum absolute atomic E-state index is 0.110. The first-order valence-electron chi connectivity index (χ1n) is 8.14. The first-order chi connectivity index (χ1) is 9.37. The number of likely N-dealkylation sites (tertiary alicyclic amines) is 1. The number of piperidine rings is 1. The van der Waals surface area contributed by atoms with Crippen LogP contribution in [0.4, 0.5) is 0 Å². The Labute approximate surface area is 123 Å². The van der Waals surface area contributed by atoms with Crippen molar-refractivity contribution >= 4 is 5.91 Å². The fourth-order valence-electron chi connectivity index (χ4n) is 3.50. The second-order valence-corrected chi connectivity index (χ2v) is 7.62. The molecule has 116 valence electrons. The molecule has 4 nitrogen and oxygen atoms in total. The maximum absolute atomic E-state index is 12.2. The van der Waals surface area contributed by atoms with Crippen LogP contribution in [0, 0.1) is 11.3 Å². The lowest BCUT2D eigenvalue weighted by atomic mass is 9.80. The van der Waals surface area contributed by atoms with Gasteiger partial charge in [-0.3, -0.25) is 9.69 Å². The highest BCUT2D eigenvalue weighted by atomic mass is 16.2. The molecule has 20 heavy (non-hydrogen) atoms. The fraction of sp³-hybridized carbons (Fsp3) is 0.938. The number of hydrogen-bond acceptors (Lipinski definition) is 3. The number of rotatable bonds is 3. The summed E-state index contributed by atoms with van der Waals surface area (Å²) in [7, 11) is 0. The van der Waals surface area contributed by atoms with Gasteiger partial charge in [-0.05, 0) is 43.4 Å². The SMILES string of the molecule is CC1CCC(NC(=O)CN2CCC(N)C(C)(C)C2)CC1. The summed E-state index contributed by atoms with van der Waals surface area (Å²) in [4.78, 5) is 14.4. The van der Waals surface area contributed by atoms with Gasteiger partial charge in [-0.1, -0.05) is 20.8 Å². The molecule has 2 aliphatic rings. The Morgan fingerprint density at radius 3 is 2.50 bits per heavy atom. The summed E-state index contributed by atoms with van der Waals surface area (Å²) in [5, 5.41) is 3.21. The van der Waals surface area contributed by atoms with Gasteiger partial charge in [0.25, 0.3) is 0 Å². The third kappa shape index (κ3) is 4.19. The second kappa shape index (κ2) is 6.44. The van der Waals surface area contributed by atoms with Gasteiger partial charge in [0.2, 0.25) is 5.91 Å². The monoisotopic (exact) mass is 281 g/mol. The van der Waals surface area contributed by atoms with Gasteiger partial charge in [0.05, 0.1) is 6.54 Å². The van der Waals surface area contributed by atoms with Gasteiger partial charge in [0.1, 0.15) is 0 Å². The van der Waals surface area contributed by atoms with Crippen molar-refractivity contribution in [2.75, 3.05) is 19.6 Å². The van der Waals surface area contributed by atoms with Crippen LogP contribution in [0.25, 0.3) is 0 Å². The van der Waals surface area contributed by atoms with E-state index in [0.29, 0.717) is 12.6 Å². The summed E-state index contributed by atoms with van der Waals surface area (Å²) in [6.45, 7) is 9.09. The minimum Gasteiger partial charge on any atom is -0.352 e. The van der Waals surface area contributed by atoms with Crippen molar-refractivity contribution in [3.05, 3.63) is 0 Å². The smallest absolute Gasteiger partial charge is 0.234 e. The zero-order valence-electron chi connectivity index (χ0n) is 13.3. The topological polar surface area (TPSA) is 58.4 Å². The molecule has 1 unspecified atom stereocenters. The molecule has 2 fully saturated rings. The molecule has 1 saturated heterocycles. The van der Waals surface area contributed by atoms with Gasteiger partial charge in [-0.2, -0.15) is 0 Å². The lowest BCUT2D eigenvalue weighted by molar-refractivity contribution is -0.124. The highest BCUT2D eigenvalue weighted by Gasteiger charge is 2.34. The molecule has 1 heterocycles. The van der Waals surface area contributed by atoms with Crippen LogP contribution < -0.4 is 11.1 Å². The van der Waals surface area contributed by atoms with E-state index in [1.807, 2.05) is 0 Å². The summed E-state index contributed by atoms with van der Waals surface area (Å²) in [6.07, 6.45) is 5.76. The highest BCUT2D eigenvalue weighted by Crippen LogP contribution is 2.27. The van der Waals surface area contributed by atoms with E-state index in [1.165, 1.54) is 12.8 Å². The van der Waals surface area contributed by atoms with Crippen molar-refractivity contribution in [2.45, 2.75) is 65.0 Å². The number of nitrogens with two attached hydrogens (primary N) is 1. The fourth-order valence-corrected chi connectivity index (χ4v) is 3.50. The van der Waals surface area contributed by atoms with Crippen molar-refractivity contribution in [1.82, 2.24) is 10.2 Å². The van der Waals surface area contributed by atoms with E-state index in [1.54, 1.807) is 0 Å². The van der Waals surface area contributed by atoms with Crippen LogP contribution in [0.1, 0.15) is 52.9 Å². The maximum atomic E-state index is 12.2. The van der Waals surface area contributed by atoms with Crippen molar-refractivity contribution in [2.24, 2.45) is 17.1 Å². The molecule has 1 amide bonds. The largest absolute Gasteiger partial charge is 0.352 e. The molecule has 0 aromatic rings. The van der Waals surface area contributed by atoms with E-state index in [0.717, 1.165) is 38.3 Å². The standard InChI is InChI=1S/C16H31N3O/c1-12-4-6-13(7-5-12)18-15(20)10-19-9-8-14(17)16(2,3)11-19/h12-14H,4-11,17H2,1-3H3,(H,18,20). The Bertz CT molecular complexity index is 335. The predicted molar refractivity (Wildman–Crippen MR) is 82.4 cm³/mol. The van der Waals surface area contributed by atoms with E-state index in [9.17, 15) is 4.79 Å². The molecule has 0 bridgehead atoms. The Morgan fingerprint density at radius 1 is 1.25 bits per heavy atom. The molecule has 1 aliphatic heterocycles. The summed E-state index contributed by atoms with van der Waals surface area (Å²) in [6, 6.07) is 0.653. The highest BCUT2D eigenvalue weighted by molar-refractivity contribution is 5.78. The third-order valence-corrected chi connectivity index (χ3v) is 5.14. The number of amides is 1. The van der Waals surface area contributed by atoms with Crippen LogP contribution in [-0.2, 0) is 4.79 Å². The Kier molecular flexibility index (Phi) is 5.08. The molecule has 0 radical (unpaired) electrons. The number of hydrogen-bond donors (Lipinski definition) is 2. The Balaban J connectivity index is 1.74. The number of carbonyl (C=O) groups excluding carboxylic acids is 1. The number of carbonyl (C=O) groups is 1. The lowest BCUT2D eigenvalue weighted by Gasteiger charge is -2.42. The van der Waals surface area contributed by atoms with Gasteiger partial charge in [0, 0.05) is 25.2 Å². The van der Waals surface area contributed by atoms with Gasteiger partial charge in [-0.25, -0.2) is 0 Å². The second-order valence-electron chi connectivity index (χ2n) is 7.62. The van der Waals surface area contributed by atoms with Crippen LogP contribution in [0.15, 0.2) is 0 Å². The quantitative estimate of drug-likeness (QED) is 0.828. The Hall–Kier alpha value is -0.610. The molecular weight excluding hydrogens is 250 g/mol. The third-order valence-electron chi connectivity index (χ3n) is 5.14. The lowest BCUT2D eigenvalue weighted by Crippen LogP contribution is -2.54. The maximum Gasteiger partial charge on any atom is 0.234 e. The van der Waals surface area contributed by atoms with Crippen molar-refractivity contribution in [3.63, 3.8) is 0 Å². The summed E-state index contributed by atoms with van der Waals surface area (Å²) < 4.78 is 0. The predicted octanol–water partition coefficient (Wildman–Crippen LogP) is 1.74. The average Bonchev–Trinajstić information content (AvgIpc) is 2.36. The molecular formula is C16H31N3O. The molecule has 1 aliphatic carbocycles. The van der Waals surface area contributed by atoms with Crippen molar-refractivity contribution in [1.29, 1.82) is 0 Å². The normalized spacial score (nSPS) is 34.7. The molecule has 2 rings (SSSR count). The summed E-state index contributed by atoms with van der Waals surface area (Å²) >= 11 is 0. The minimum atomic E-state index is 0.110. The first-order valence-corrected chi connectivity index (χ1v) is 8.14. The molecule has 4 heteroatoms. The van der Waals surface area contributed by atoms with Gasteiger partial charge < -0.3 is 11.1 Å². The zero-order valence-corrected chi connectivity index (χ0v) is 13.3. The van der Waals surface area contributed by atoms with Crippen LogP contribution in [0.2, 0.25) is 0 Å². The molecule has 0 aromatic carbocycles. The zero-order chi connectivity index (χ0) is 14.8. The van der Waals surface area contributed by atoms with Crippen LogP contribution in [0.3, 0.4) is 0 Å². The van der Waals surface area contributed by atoms with E-state index < -0.39 is 0 Å². The first kappa shape index (κ1) is 15.8. The van der Waals surface area contributed by atoms with E-state index >= 15 is 0 Å². The van der Waals surface area contributed by atoms with Crippen LogP contribution in [-0.4, -0.2) is 42.5 Å². The Morgan fingerprint density at radius 2 is 1.90 bits per heavy atom. The number of nitrogens with one attached hydrogen (secondary N) is 1. The van der Waals surface area contributed by atoms with E-state index in [4.69, 9.17) is 5.73 Å². The molecule has 3 N–H and O–H groups in total. The average molecular weight is 281 g/mol. The van der Waals surface area contributed by atoms with E-state index in [-0.39, 0.29) is 17.4 Å². The van der Waals surface area contributed by atoms with E-state index in [2.05, 4.69) is 31.0 Å². The molecule has 0 aromatic heterocycles. The van der Waals surface area contributed by atoms with Crippen LogP contribution in [0.5, 0.6) is 0 Å². The molecule has 1 saturated carbocycles. The van der Waals surface area contributed by atoms with Crippen molar-refractivity contribution < 1.29 is 4.79 Å². The van der Waals surface area contributed by atoms with Gasteiger partial charge >= 0.3 is 0 Å².